The van der Waals surface area contributed by atoms with Gasteiger partial charge in [0.1, 0.15) is 0 Å². The molecular formula is C11H17N3. The number of hydrogen-bond donors (Lipinski definition) is 3. The molecule has 1 aliphatic rings. The number of hydrazine groups is 1. The van der Waals surface area contributed by atoms with Crippen molar-refractivity contribution in [3.05, 3.63) is 34.9 Å². The number of aryl methyl sites for hydroxylation is 2. The van der Waals surface area contributed by atoms with E-state index in [1.807, 2.05) is 0 Å². The highest BCUT2D eigenvalue weighted by Crippen LogP contribution is 2.22. The van der Waals surface area contributed by atoms with Crippen LogP contribution in [0, 0.1) is 13.8 Å². The van der Waals surface area contributed by atoms with Crippen LogP contribution in [-0.2, 0) is 0 Å². The number of benzene rings is 1. The van der Waals surface area contributed by atoms with Gasteiger partial charge in [0, 0.05) is 6.04 Å². The molecule has 0 aromatic heterocycles. The zero-order valence-corrected chi connectivity index (χ0v) is 8.67. The molecule has 3 heteroatoms. The average Bonchev–Trinajstić information content (AvgIpc) is 2.57. The lowest BCUT2D eigenvalue weighted by Crippen LogP contribution is -2.36. The molecule has 14 heavy (non-hydrogen) atoms. The Hall–Kier alpha value is -0.900. The van der Waals surface area contributed by atoms with Crippen molar-refractivity contribution in [2.45, 2.75) is 32.5 Å². The minimum Gasteiger partial charge on any atom is -0.315 e. The van der Waals surface area contributed by atoms with Gasteiger partial charge in [0.2, 0.25) is 0 Å². The quantitative estimate of drug-likeness (QED) is 0.623. The highest BCUT2D eigenvalue weighted by molar-refractivity contribution is 5.32. The van der Waals surface area contributed by atoms with Gasteiger partial charge in [-0.15, -0.1) is 0 Å². The molecule has 0 bridgehead atoms. The lowest BCUT2D eigenvalue weighted by molar-refractivity contribution is 0.551. The summed E-state index contributed by atoms with van der Waals surface area (Å²) < 4.78 is 0. The van der Waals surface area contributed by atoms with Crippen molar-refractivity contribution in [3.8, 4) is 0 Å². The molecule has 1 aromatic rings. The van der Waals surface area contributed by atoms with Gasteiger partial charge in [0.15, 0.2) is 0 Å². The summed E-state index contributed by atoms with van der Waals surface area (Å²) in [6.45, 7) is 4.27. The summed E-state index contributed by atoms with van der Waals surface area (Å²) in [4.78, 5) is 0. The van der Waals surface area contributed by atoms with E-state index >= 15 is 0 Å². The molecule has 0 aliphatic carbocycles. The van der Waals surface area contributed by atoms with E-state index in [1.54, 1.807) is 0 Å². The van der Waals surface area contributed by atoms with Gasteiger partial charge in [-0.05, 0) is 37.0 Å². The number of nitrogens with one attached hydrogen (secondary N) is 2. The van der Waals surface area contributed by atoms with Crippen LogP contribution >= 0.6 is 0 Å². The number of nitrogens with two attached hydrogens (primary N) is 1. The molecule has 76 valence electrons. The van der Waals surface area contributed by atoms with Crippen molar-refractivity contribution >= 4 is 0 Å². The van der Waals surface area contributed by atoms with E-state index in [4.69, 9.17) is 5.73 Å². The zero-order chi connectivity index (χ0) is 10.1. The fourth-order valence-corrected chi connectivity index (χ4v) is 1.78. The molecule has 2 atom stereocenters. The first-order chi connectivity index (χ1) is 6.66. The van der Waals surface area contributed by atoms with Crippen LogP contribution in [0.1, 0.15) is 29.2 Å². The van der Waals surface area contributed by atoms with E-state index in [1.165, 1.54) is 16.7 Å². The van der Waals surface area contributed by atoms with E-state index < -0.39 is 0 Å². The van der Waals surface area contributed by atoms with Crippen molar-refractivity contribution in [1.29, 1.82) is 0 Å². The van der Waals surface area contributed by atoms with Crippen LogP contribution in [0.5, 0.6) is 0 Å². The lowest BCUT2D eigenvalue weighted by atomic mass is 10.00. The van der Waals surface area contributed by atoms with Gasteiger partial charge in [-0.25, -0.2) is 10.9 Å². The Morgan fingerprint density at radius 3 is 2.57 bits per heavy atom. The maximum Gasteiger partial charge on any atom is 0.0698 e. The van der Waals surface area contributed by atoms with Gasteiger partial charge in [-0.3, -0.25) is 0 Å². The molecule has 0 spiro atoms. The van der Waals surface area contributed by atoms with Crippen LogP contribution in [0.3, 0.4) is 0 Å². The first-order valence-electron chi connectivity index (χ1n) is 5.00. The van der Waals surface area contributed by atoms with Crippen molar-refractivity contribution in [1.82, 2.24) is 10.9 Å². The molecule has 0 amide bonds. The predicted molar refractivity (Wildman–Crippen MR) is 57.5 cm³/mol. The standard InChI is InChI=1S/C11H17N3/c1-7-3-4-9(5-8(7)2)10-6-11(12)14-13-10/h3-5,10-11,13-14H,6,12H2,1-2H3. The fourth-order valence-electron chi connectivity index (χ4n) is 1.78. The maximum absolute atomic E-state index is 5.76. The lowest BCUT2D eigenvalue weighted by Gasteiger charge is -2.11. The Balaban J connectivity index is 2.20. The van der Waals surface area contributed by atoms with Crippen molar-refractivity contribution in [2.24, 2.45) is 5.73 Å². The average molecular weight is 191 g/mol. The summed E-state index contributed by atoms with van der Waals surface area (Å²) >= 11 is 0. The molecule has 0 radical (unpaired) electrons. The molecule has 0 saturated carbocycles. The summed E-state index contributed by atoms with van der Waals surface area (Å²) in [5.74, 6) is 0. The molecule has 1 aromatic carbocycles. The van der Waals surface area contributed by atoms with Gasteiger partial charge in [0.05, 0.1) is 6.17 Å². The molecular weight excluding hydrogens is 174 g/mol. The molecule has 4 N–H and O–H groups in total. The third-order valence-electron chi connectivity index (χ3n) is 2.87. The second-order valence-electron chi connectivity index (χ2n) is 4.03. The predicted octanol–water partition coefficient (Wildman–Crippen LogP) is 1.13. The van der Waals surface area contributed by atoms with E-state index in [-0.39, 0.29) is 6.17 Å². The summed E-state index contributed by atoms with van der Waals surface area (Å²) in [5.41, 5.74) is 16.0. The molecule has 1 heterocycles. The summed E-state index contributed by atoms with van der Waals surface area (Å²) in [7, 11) is 0. The van der Waals surface area contributed by atoms with E-state index in [0.29, 0.717) is 6.04 Å². The van der Waals surface area contributed by atoms with Gasteiger partial charge in [-0.2, -0.15) is 0 Å². The minimum atomic E-state index is 0.0709. The number of hydrogen-bond acceptors (Lipinski definition) is 3. The highest BCUT2D eigenvalue weighted by Gasteiger charge is 2.21. The Morgan fingerprint density at radius 2 is 2.00 bits per heavy atom. The third-order valence-corrected chi connectivity index (χ3v) is 2.87. The van der Waals surface area contributed by atoms with Crippen molar-refractivity contribution in [2.75, 3.05) is 0 Å². The molecule has 2 unspecified atom stereocenters. The van der Waals surface area contributed by atoms with Gasteiger partial charge < -0.3 is 5.73 Å². The second kappa shape index (κ2) is 3.69. The first-order valence-corrected chi connectivity index (χ1v) is 5.00. The highest BCUT2D eigenvalue weighted by atomic mass is 15.4. The maximum atomic E-state index is 5.76. The molecule has 1 aliphatic heterocycles. The Bertz CT molecular complexity index is 335. The SMILES string of the molecule is Cc1ccc(C2CC(N)NN2)cc1C. The van der Waals surface area contributed by atoms with Crippen LogP contribution in [0.4, 0.5) is 0 Å². The van der Waals surface area contributed by atoms with Gasteiger partial charge in [0.25, 0.3) is 0 Å². The molecule has 3 nitrogen and oxygen atoms in total. The van der Waals surface area contributed by atoms with Crippen LogP contribution in [0.25, 0.3) is 0 Å². The van der Waals surface area contributed by atoms with Crippen LogP contribution in [0.15, 0.2) is 18.2 Å². The smallest absolute Gasteiger partial charge is 0.0698 e. The summed E-state index contributed by atoms with van der Waals surface area (Å²) in [6, 6.07) is 6.91. The van der Waals surface area contributed by atoms with Gasteiger partial charge in [-0.1, -0.05) is 18.2 Å². The van der Waals surface area contributed by atoms with E-state index in [2.05, 4.69) is 42.9 Å². The normalized spacial score (nSPS) is 26.8. The first kappa shape index (κ1) is 9.65. The van der Waals surface area contributed by atoms with Crippen molar-refractivity contribution < 1.29 is 0 Å². The topological polar surface area (TPSA) is 50.1 Å². The third kappa shape index (κ3) is 1.80. The monoisotopic (exact) mass is 191 g/mol. The zero-order valence-electron chi connectivity index (χ0n) is 8.67. The molecule has 1 saturated heterocycles. The van der Waals surface area contributed by atoms with Crippen LogP contribution in [-0.4, -0.2) is 6.17 Å². The van der Waals surface area contributed by atoms with E-state index in [0.717, 1.165) is 6.42 Å². The Kier molecular flexibility index (Phi) is 2.54. The van der Waals surface area contributed by atoms with Gasteiger partial charge >= 0.3 is 0 Å². The largest absolute Gasteiger partial charge is 0.315 e. The Labute approximate surface area is 84.7 Å². The fraction of sp³-hybridized carbons (Fsp3) is 0.455. The van der Waals surface area contributed by atoms with Crippen LogP contribution < -0.4 is 16.6 Å². The molecule has 1 fully saturated rings. The molecule has 2 rings (SSSR count). The van der Waals surface area contributed by atoms with Crippen LogP contribution in [0.2, 0.25) is 0 Å². The van der Waals surface area contributed by atoms with Crippen molar-refractivity contribution in [3.63, 3.8) is 0 Å². The Morgan fingerprint density at radius 1 is 1.21 bits per heavy atom. The number of rotatable bonds is 1. The summed E-state index contributed by atoms with van der Waals surface area (Å²) in [5, 5.41) is 0. The minimum absolute atomic E-state index is 0.0709. The van der Waals surface area contributed by atoms with E-state index in [9.17, 15) is 0 Å². The second-order valence-corrected chi connectivity index (χ2v) is 4.03. The summed E-state index contributed by atoms with van der Waals surface area (Å²) in [6.07, 6.45) is 1.02.